The summed E-state index contributed by atoms with van der Waals surface area (Å²) in [4.78, 5) is 4.95. The number of likely N-dealkylation sites (tertiary alicyclic amines) is 1. The van der Waals surface area contributed by atoms with Crippen LogP contribution >= 0.6 is 0 Å². The Hall–Kier alpha value is -0.900. The lowest BCUT2D eigenvalue weighted by atomic mass is 10.0. The molecule has 1 aromatic rings. The van der Waals surface area contributed by atoms with Crippen LogP contribution in [0, 0.1) is 5.92 Å². The molecule has 1 aliphatic rings. The molecule has 1 heterocycles. The average Bonchev–Trinajstić information content (AvgIpc) is 2.81. The van der Waals surface area contributed by atoms with Gasteiger partial charge < -0.3 is 15.5 Å². The second kappa shape index (κ2) is 7.21. The minimum absolute atomic E-state index is 0.181. The van der Waals surface area contributed by atoms with E-state index in [1.165, 1.54) is 31.6 Å². The number of benzene rings is 1. The third-order valence-electron chi connectivity index (χ3n) is 4.53. The smallest absolute Gasteiger partial charge is 0.0295 e. The van der Waals surface area contributed by atoms with Crippen LogP contribution in [0.4, 0.5) is 0 Å². The highest BCUT2D eigenvalue weighted by Crippen LogP contribution is 2.21. The monoisotopic (exact) mass is 275 g/mol. The highest BCUT2D eigenvalue weighted by Gasteiger charge is 2.30. The van der Waals surface area contributed by atoms with E-state index in [0.717, 1.165) is 12.3 Å². The quantitative estimate of drug-likeness (QED) is 0.865. The zero-order chi connectivity index (χ0) is 14.5. The molecule has 1 aliphatic heterocycles. The number of hydrogen-bond acceptors (Lipinski definition) is 3. The molecule has 0 amide bonds. The number of nitrogens with two attached hydrogens (primary N) is 1. The van der Waals surface area contributed by atoms with Crippen LogP contribution in [0.5, 0.6) is 0 Å². The van der Waals surface area contributed by atoms with Crippen molar-refractivity contribution in [2.45, 2.75) is 31.8 Å². The van der Waals surface area contributed by atoms with E-state index in [1.54, 1.807) is 0 Å². The maximum absolute atomic E-state index is 6.26. The second-order valence-electron chi connectivity index (χ2n) is 6.43. The van der Waals surface area contributed by atoms with Gasteiger partial charge in [-0.25, -0.2) is 0 Å². The molecular formula is C17H29N3. The van der Waals surface area contributed by atoms with Crippen molar-refractivity contribution in [3.05, 3.63) is 35.9 Å². The van der Waals surface area contributed by atoms with Gasteiger partial charge >= 0.3 is 0 Å². The van der Waals surface area contributed by atoms with Crippen molar-refractivity contribution in [1.82, 2.24) is 9.80 Å². The van der Waals surface area contributed by atoms with Crippen molar-refractivity contribution >= 4 is 0 Å². The number of nitrogens with zero attached hydrogens (tertiary/aromatic N) is 2. The third kappa shape index (κ3) is 4.05. The van der Waals surface area contributed by atoms with Gasteiger partial charge in [0.05, 0.1) is 0 Å². The Kier molecular flexibility index (Phi) is 5.58. The van der Waals surface area contributed by atoms with E-state index in [9.17, 15) is 0 Å². The predicted molar refractivity (Wildman–Crippen MR) is 85.7 cm³/mol. The lowest BCUT2D eigenvalue weighted by Gasteiger charge is -2.22. The first-order valence-electron chi connectivity index (χ1n) is 7.77. The molecule has 20 heavy (non-hydrogen) atoms. The molecule has 1 aromatic carbocycles. The summed E-state index contributed by atoms with van der Waals surface area (Å²) >= 11 is 0. The average molecular weight is 275 g/mol. The van der Waals surface area contributed by atoms with Gasteiger partial charge in [0, 0.05) is 25.2 Å². The molecule has 1 saturated heterocycles. The van der Waals surface area contributed by atoms with Crippen LogP contribution in [-0.4, -0.2) is 49.6 Å². The van der Waals surface area contributed by atoms with Crippen molar-refractivity contribution in [2.24, 2.45) is 11.7 Å². The van der Waals surface area contributed by atoms with Crippen molar-refractivity contribution in [3.8, 4) is 0 Å². The summed E-state index contributed by atoms with van der Waals surface area (Å²) in [5, 5.41) is 0. The van der Waals surface area contributed by atoms with E-state index in [0.29, 0.717) is 6.04 Å². The summed E-state index contributed by atoms with van der Waals surface area (Å²) in [5.74, 6) is 0.771. The Morgan fingerprint density at radius 2 is 1.95 bits per heavy atom. The van der Waals surface area contributed by atoms with Crippen molar-refractivity contribution < 1.29 is 0 Å². The standard InChI is InChI=1S/C17H29N3/c1-14-12-20(13-17(14)19(2)3)11-7-10-16(18)15-8-5-4-6-9-15/h4-6,8-9,14,16-17H,7,10-13,18H2,1-3H3. The number of hydrogen-bond donors (Lipinski definition) is 1. The maximum atomic E-state index is 6.26. The fourth-order valence-corrected chi connectivity index (χ4v) is 3.30. The second-order valence-corrected chi connectivity index (χ2v) is 6.43. The molecule has 3 unspecified atom stereocenters. The van der Waals surface area contributed by atoms with Crippen LogP contribution in [-0.2, 0) is 0 Å². The van der Waals surface area contributed by atoms with Gasteiger partial charge in [-0.2, -0.15) is 0 Å². The minimum atomic E-state index is 0.181. The third-order valence-corrected chi connectivity index (χ3v) is 4.53. The Morgan fingerprint density at radius 1 is 1.25 bits per heavy atom. The highest BCUT2D eigenvalue weighted by molar-refractivity contribution is 5.18. The summed E-state index contributed by atoms with van der Waals surface area (Å²) in [6, 6.07) is 11.3. The van der Waals surface area contributed by atoms with Gasteiger partial charge in [0.25, 0.3) is 0 Å². The molecule has 3 heteroatoms. The molecule has 0 aromatic heterocycles. The normalized spacial score (nSPS) is 25.2. The van der Waals surface area contributed by atoms with Gasteiger partial charge in [0.2, 0.25) is 0 Å². The Bertz CT molecular complexity index is 390. The first-order chi connectivity index (χ1) is 9.58. The fourth-order valence-electron chi connectivity index (χ4n) is 3.30. The Labute approximate surface area is 123 Å². The summed E-state index contributed by atoms with van der Waals surface area (Å²) in [6.45, 7) is 5.97. The van der Waals surface area contributed by atoms with Crippen LogP contribution in [0.2, 0.25) is 0 Å². The van der Waals surface area contributed by atoms with E-state index in [2.05, 4.69) is 55.1 Å². The van der Waals surface area contributed by atoms with Gasteiger partial charge in [-0.1, -0.05) is 37.3 Å². The van der Waals surface area contributed by atoms with E-state index in [1.807, 2.05) is 6.07 Å². The molecule has 0 saturated carbocycles. The molecule has 0 aliphatic carbocycles. The summed E-state index contributed by atoms with van der Waals surface area (Å²) in [5.41, 5.74) is 7.51. The molecule has 3 atom stereocenters. The van der Waals surface area contributed by atoms with Gasteiger partial charge in [0.15, 0.2) is 0 Å². The van der Waals surface area contributed by atoms with E-state index in [-0.39, 0.29) is 6.04 Å². The Balaban J connectivity index is 1.72. The van der Waals surface area contributed by atoms with E-state index in [4.69, 9.17) is 5.73 Å². The van der Waals surface area contributed by atoms with Crippen LogP contribution in [0.25, 0.3) is 0 Å². The van der Waals surface area contributed by atoms with Crippen LogP contribution in [0.1, 0.15) is 31.4 Å². The van der Waals surface area contributed by atoms with Crippen molar-refractivity contribution in [2.75, 3.05) is 33.7 Å². The summed E-state index contributed by atoms with van der Waals surface area (Å²) in [7, 11) is 4.38. The Morgan fingerprint density at radius 3 is 2.55 bits per heavy atom. The topological polar surface area (TPSA) is 32.5 Å². The van der Waals surface area contributed by atoms with Crippen molar-refractivity contribution in [3.63, 3.8) is 0 Å². The summed E-state index contributed by atoms with van der Waals surface area (Å²) < 4.78 is 0. The largest absolute Gasteiger partial charge is 0.324 e. The lowest BCUT2D eigenvalue weighted by Crippen LogP contribution is -2.34. The zero-order valence-corrected chi connectivity index (χ0v) is 13.1. The van der Waals surface area contributed by atoms with Crippen LogP contribution in [0.3, 0.4) is 0 Å². The highest BCUT2D eigenvalue weighted by atomic mass is 15.2. The minimum Gasteiger partial charge on any atom is -0.324 e. The molecule has 112 valence electrons. The van der Waals surface area contributed by atoms with Crippen LogP contribution in [0.15, 0.2) is 30.3 Å². The summed E-state index contributed by atoms with van der Waals surface area (Å²) in [6.07, 6.45) is 2.25. The van der Waals surface area contributed by atoms with Gasteiger partial charge in [-0.05, 0) is 45.0 Å². The van der Waals surface area contributed by atoms with Gasteiger partial charge in [-0.3, -0.25) is 0 Å². The molecular weight excluding hydrogens is 246 g/mol. The van der Waals surface area contributed by atoms with Gasteiger partial charge in [0.1, 0.15) is 0 Å². The molecule has 0 radical (unpaired) electrons. The van der Waals surface area contributed by atoms with Crippen LogP contribution < -0.4 is 5.73 Å². The lowest BCUT2D eigenvalue weighted by molar-refractivity contribution is 0.250. The SMILES string of the molecule is CC1CN(CCCC(N)c2ccccc2)CC1N(C)C. The molecule has 2 N–H and O–H groups in total. The predicted octanol–water partition coefficient (Wildman–Crippen LogP) is 2.35. The molecule has 2 rings (SSSR count). The maximum Gasteiger partial charge on any atom is 0.0295 e. The molecule has 1 fully saturated rings. The molecule has 0 bridgehead atoms. The fraction of sp³-hybridized carbons (Fsp3) is 0.647. The van der Waals surface area contributed by atoms with E-state index >= 15 is 0 Å². The van der Waals surface area contributed by atoms with Crippen molar-refractivity contribution in [1.29, 1.82) is 0 Å². The molecule has 3 nitrogen and oxygen atoms in total. The first kappa shape index (κ1) is 15.5. The zero-order valence-electron chi connectivity index (χ0n) is 13.1. The number of likely N-dealkylation sites (N-methyl/N-ethyl adjacent to an activating group) is 1. The first-order valence-corrected chi connectivity index (χ1v) is 7.77. The number of rotatable bonds is 6. The van der Waals surface area contributed by atoms with E-state index < -0.39 is 0 Å². The van der Waals surface area contributed by atoms with Gasteiger partial charge in [-0.15, -0.1) is 0 Å². The molecule has 0 spiro atoms.